The average Bonchev–Trinajstić information content (AvgIpc) is 3.25. The minimum Gasteiger partial charge on any atom is -0.468 e. The van der Waals surface area contributed by atoms with Crippen molar-refractivity contribution in [2.45, 2.75) is 25.4 Å². The zero-order valence-corrected chi connectivity index (χ0v) is 11.7. The minimum absolute atomic E-state index is 0.289. The molecule has 0 bridgehead atoms. The standard InChI is InChI=1S/C15H19NO4/c1-3-20-15(18)12(9-11-7-5-4-6-8-11)16-10-13(16)14(17)19-2/h4-8,12-13H,3,9-10H2,1-2H3/t12-,13-,16?/m0/s1. The van der Waals surface area contributed by atoms with E-state index in [1.54, 1.807) is 6.92 Å². The maximum absolute atomic E-state index is 12.1. The third-order valence-electron chi connectivity index (χ3n) is 3.35. The van der Waals surface area contributed by atoms with Gasteiger partial charge in [-0.25, -0.2) is 0 Å². The second-order valence-corrected chi connectivity index (χ2v) is 4.69. The molecule has 1 aliphatic rings. The van der Waals surface area contributed by atoms with Gasteiger partial charge >= 0.3 is 11.9 Å². The molecule has 0 radical (unpaired) electrons. The van der Waals surface area contributed by atoms with Crippen LogP contribution in [0.25, 0.3) is 0 Å². The Bertz CT molecular complexity index is 474. The predicted octanol–water partition coefficient (Wildman–Crippen LogP) is 1.02. The summed E-state index contributed by atoms with van der Waals surface area (Å²) in [7, 11) is 1.36. The van der Waals surface area contributed by atoms with Crippen LogP contribution in [0.3, 0.4) is 0 Å². The third-order valence-corrected chi connectivity index (χ3v) is 3.35. The number of esters is 2. The molecule has 1 aliphatic heterocycles. The maximum Gasteiger partial charge on any atom is 0.324 e. The van der Waals surface area contributed by atoms with E-state index in [1.165, 1.54) is 7.11 Å². The van der Waals surface area contributed by atoms with Crippen LogP contribution >= 0.6 is 0 Å². The fourth-order valence-corrected chi connectivity index (χ4v) is 2.25. The Labute approximate surface area is 118 Å². The smallest absolute Gasteiger partial charge is 0.324 e. The first kappa shape index (κ1) is 14.5. The van der Waals surface area contributed by atoms with Crippen molar-refractivity contribution in [3.63, 3.8) is 0 Å². The maximum atomic E-state index is 12.1. The summed E-state index contributed by atoms with van der Waals surface area (Å²) in [5.74, 6) is -0.588. The molecule has 0 spiro atoms. The van der Waals surface area contributed by atoms with Crippen LogP contribution < -0.4 is 0 Å². The molecule has 0 aliphatic carbocycles. The summed E-state index contributed by atoms with van der Waals surface area (Å²) in [4.78, 5) is 25.4. The lowest BCUT2D eigenvalue weighted by Crippen LogP contribution is -2.35. The number of carbonyl (C=O) groups is 2. The van der Waals surface area contributed by atoms with Crippen molar-refractivity contribution in [3.8, 4) is 0 Å². The molecule has 3 atom stereocenters. The summed E-state index contributed by atoms with van der Waals surface area (Å²) in [6.07, 6.45) is 0.535. The number of hydrogen-bond acceptors (Lipinski definition) is 5. The van der Waals surface area contributed by atoms with Gasteiger partial charge in [-0.2, -0.15) is 0 Å². The lowest BCUT2D eigenvalue weighted by molar-refractivity contribution is -0.148. The fourth-order valence-electron chi connectivity index (χ4n) is 2.25. The van der Waals surface area contributed by atoms with E-state index >= 15 is 0 Å². The molecule has 20 heavy (non-hydrogen) atoms. The van der Waals surface area contributed by atoms with Gasteiger partial charge in [0.2, 0.25) is 0 Å². The quantitative estimate of drug-likeness (QED) is 0.574. The van der Waals surface area contributed by atoms with E-state index in [4.69, 9.17) is 9.47 Å². The van der Waals surface area contributed by atoms with Gasteiger partial charge in [0.05, 0.1) is 13.7 Å². The summed E-state index contributed by atoms with van der Waals surface area (Å²) < 4.78 is 9.82. The normalized spacial score (nSPS) is 21.9. The van der Waals surface area contributed by atoms with Gasteiger partial charge in [0.25, 0.3) is 0 Å². The van der Waals surface area contributed by atoms with Gasteiger partial charge in [0, 0.05) is 6.54 Å². The summed E-state index contributed by atoms with van der Waals surface area (Å²) in [6.45, 7) is 2.65. The molecule has 0 saturated carbocycles. The summed E-state index contributed by atoms with van der Waals surface area (Å²) in [5, 5.41) is 0. The van der Waals surface area contributed by atoms with Gasteiger partial charge in [-0.1, -0.05) is 30.3 Å². The number of hydrogen-bond donors (Lipinski definition) is 0. The number of benzene rings is 1. The van der Waals surface area contributed by atoms with Crippen LogP contribution in [0.4, 0.5) is 0 Å². The molecular weight excluding hydrogens is 258 g/mol. The Morgan fingerprint density at radius 3 is 2.65 bits per heavy atom. The van der Waals surface area contributed by atoms with Crippen molar-refractivity contribution >= 4 is 11.9 Å². The monoisotopic (exact) mass is 277 g/mol. The molecule has 0 N–H and O–H groups in total. The lowest BCUT2D eigenvalue weighted by Gasteiger charge is -2.17. The highest BCUT2D eigenvalue weighted by atomic mass is 16.5. The molecule has 1 fully saturated rings. The number of methoxy groups -OCH3 is 1. The zero-order chi connectivity index (χ0) is 14.5. The Balaban J connectivity index is 2.06. The minimum atomic E-state index is -0.429. The van der Waals surface area contributed by atoms with Crippen LogP contribution in [-0.4, -0.2) is 49.2 Å². The van der Waals surface area contributed by atoms with E-state index in [1.807, 2.05) is 35.2 Å². The SMILES string of the molecule is CCOC(=O)[C@H](Cc1ccccc1)N1C[C@H]1C(=O)OC. The number of rotatable bonds is 6. The predicted molar refractivity (Wildman–Crippen MR) is 73.1 cm³/mol. The van der Waals surface area contributed by atoms with Crippen LogP contribution in [0.15, 0.2) is 30.3 Å². The number of ether oxygens (including phenoxy) is 2. The molecule has 0 aromatic heterocycles. The molecule has 2 rings (SSSR count). The largest absolute Gasteiger partial charge is 0.468 e. The Kier molecular flexibility index (Phi) is 4.74. The third kappa shape index (κ3) is 3.36. The Morgan fingerprint density at radius 1 is 1.35 bits per heavy atom. The zero-order valence-electron chi connectivity index (χ0n) is 11.7. The highest BCUT2D eigenvalue weighted by Gasteiger charge is 2.48. The van der Waals surface area contributed by atoms with Crippen LogP contribution in [0.5, 0.6) is 0 Å². The van der Waals surface area contributed by atoms with Gasteiger partial charge < -0.3 is 9.47 Å². The van der Waals surface area contributed by atoms with Crippen molar-refractivity contribution in [1.29, 1.82) is 0 Å². The first-order valence-electron chi connectivity index (χ1n) is 6.71. The second-order valence-electron chi connectivity index (χ2n) is 4.69. The van der Waals surface area contributed by atoms with Gasteiger partial charge in [-0.3, -0.25) is 14.5 Å². The molecule has 0 amide bonds. The molecule has 5 nitrogen and oxygen atoms in total. The van der Waals surface area contributed by atoms with E-state index in [9.17, 15) is 9.59 Å². The topological polar surface area (TPSA) is 55.6 Å². The fraction of sp³-hybridized carbons (Fsp3) is 0.467. The Hall–Kier alpha value is -1.88. The average molecular weight is 277 g/mol. The molecule has 5 heteroatoms. The number of carbonyl (C=O) groups excluding carboxylic acids is 2. The van der Waals surface area contributed by atoms with Crippen molar-refractivity contribution in [2.75, 3.05) is 20.3 Å². The molecule has 1 unspecified atom stereocenters. The van der Waals surface area contributed by atoms with Gasteiger partial charge in [0.1, 0.15) is 12.1 Å². The summed E-state index contributed by atoms with van der Waals surface area (Å²) in [5.41, 5.74) is 1.04. The summed E-state index contributed by atoms with van der Waals surface area (Å²) in [6, 6.07) is 8.96. The molecule has 1 aromatic carbocycles. The molecular formula is C15H19NO4. The van der Waals surface area contributed by atoms with E-state index in [0.717, 1.165) is 5.56 Å². The van der Waals surface area contributed by atoms with Crippen LogP contribution in [0, 0.1) is 0 Å². The second kappa shape index (κ2) is 6.52. The highest BCUT2D eigenvalue weighted by Crippen LogP contribution is 2.25. The molecule has 108 valence electrons. The lowest BCUT2D eigenvalue weighted by atomic mass is 10.1. The summed E-state index contributed by atoms with van der Waals surface area (Å²) >= 11 is 0. The van der Waals surface area contributed by atoms with Crippen LogP contribution in [-0.2, 0) is 25.5 Å². The van der Waals surface area contributed by atoms with Gasteiger partial charge in [0.15, 0.2) is 0 Å². The molecule has 1 saturated heterocycles. The highest BCUT2D eigenvalue weighted by molar-refractivity contribution is 5.83. The van der Waals surface area contributed by atoms with E-state index in [-0.39, 0.29) is 18.0 Å². The molecule has 1 aromatic rings. The van der Waals surface area contributed by atoms with Crippen molar-refractivity contribution < 1.29 is 19.1 Å². The van der Waals surface area contributed by atoms with Crippen molar-refractivity contribution in [3.05, 3.63) is 35.9 Å². The number of nitrogens with zero attached hydrogens (tertiary/aromatic N) is 1. The van der Waals surface area contributed by atoms with Gasteiger partial charge in [-0.15, -0.1) is 0 Å². The van der Waals surface area contributed by atoms with E-state index in [0.29, 0.717) is 19.6 Å². The first-order valence-corrected chi connectivity index (χ1v) is 6.71. The van der Waals surface area contributed by atoms with Crippen LogP contribution in [0.2, 0.25) is 0 Å². The first-order chi connectivity index (χ1) is 9.67. The van der Waals surface area contributed by atoms with E-state index in [2.05, 4.69) is 0 Å². The van der Waals surface area contributed by atoms with E-state index < -0.39 is 6.04 Å². The van der Waals surface area contributed by atoms with Gasteiger partial charge in [-0.05, 0) is 18.9 Å². The van der Waals surface area contributed by atoms with Crippen molar-refractivity contribution in [2.24, 2.45) is 0 Å². The van der Waals surface area contributed by atoms with Crippen LogP contribution in [0.1, 0.15) is 12.5 Å². The van der Waals surface area contributed by atoms with Crippen molar-refractivity contribution in [1.82, 2.24) is 4.90 Å². The molecule has 1 heterocycles. The Morgan fingerprint density at radius 2 is 2.05 bits per heavy atom.